The number of benzene rings is 1. The summed E-state index contributed by atoms with van der Waals surface area (Å²) in [6.07, 6.45) is 2.32. The molecular formula is C21H25FN4O2. The number of halogens is 1. The van der Waals surface area contributed by atoms with Crippen molar-refractivity contribution < 1.29 is 14.0 Å². The maximum atomic E-state index is 13.1. The van der Waals surface area contributed by atoms with Gasteiger partial charge < -0.3 is 15.1 Å². The summed E-state index contributed by atoms with van der Waals surface area (Å²) in [4.78, 5) is 33.1. The van der Waals surface area contributed by atoms with Gasteiger partial charge >= 0.3 is 6.03 Å². The van der Waals surface area contributed by atoms with E-state index in [4.69, 9.17) is 0 Å². The van der Waals surface area contributed by atoms with Gasteiger partial charge in [-0.1, -0.05) is 18.2 Å². The first-order chi connectivity index (χ1) is 13.5. The molecule has 3 amide bonds. The number of hydrogen-bond acceptors (Lipinski definition) is 3. The molecule has 148 valence electrons. The molecular weight excluding hydrogens is 359 g/mol. The molecule has 1 aromatic carbocycles. The Bertz CT molecular complexity index is 841. The lowest BCUT2D eigenvalue weighted by atomic mass is 10.1. The average Bonchev–Trinajstić information content (AvgIpc) is 2.94. The second kappa shape index (κ2) is 8.82. The van der Waals surface area contributed by atoms with Crippen molar-refractivity contribution in [2.24, 2.45) is 0 Å². The molecule has 1 saturated heterocycles. The van der Waals surface area contributed by atoms with Gasteiger partial charge in [0.1, 0.15) is 11.5 Å². The first kappa shape index (κ1) is 19.8. The van der Waals surface area contributed by atoms with Crippen LogP contribution in [0.1, 0.15) is 41.0 Å². The number of nitrogens with zero attached hydrogens (tertiary/aromatic N) is 3. The molecule has 1 aliphatic rings. The Morgan fingerprint density at radius 1 is 1.07 bits per heavy atom. The summed E-state index contributed by atoms with van der Waals surface area (Å²) in [5.41, 5.74) is 2.15. The summed E-state index contributed by atoms with van der Waals surface area (Å²) in [5.74, 6) is -0.400. The third-order valence-corrected chi connectivity index (χ3v) is 4.99. The second-order valence-electron chi connectivity index (χ2n) is 7.02. The zero-order chi connectivity index (χ0) is 20.1. The van der Waals surface area contributed by atoms with Crippen molar-refractivity contribution in [3.05, 3.63) is 65.2 Å². The molecule has 1 aromatic heterocycles. The number of hydrogen-bond donors (Lipinski definition) is 1. The highest BCUT2D eigenvalue weighted by molar-refractivity contribution is 5.93. The van der Waals surface area contributed by atoms with Crippen LogP contribution in [0, 0.1) is 12.7 Å². The van der Waals surface area contributed by atoms with Crippen molar-refractivity contribution >= 4 is 11.9 Å². The van der Waals surface area contributed by atoms with E-state index in [-0.39, 0.29) is 23.8 Å². The third-order valence-electron chi connectivity index (χ3n) is 4.99. The molecule has 7 heteroatoms. The smallest absolute Gasteiger partial charge is 0.317 e. The molecule has 1 N–H and O–H groups in total. The summed E-state index contributed by atoms with van der Waals surface area (Å²) in [6, 6.07) is 9.36. The Morgan fingerprint density at radius 2 is 1.75 bits per heavy atom. The van der Waals surface area contributed by atoms with Crippen molar-refractivity contribution in [2.45, 2.75) is 26.3 Å². The molecule has 3 rings (SSSR count). The molecule has 0 radical (unpaired) electrons. The number of aryl methyl sites for hydroxylation is 1. The molecule has 2 aromatic rings. The van der Waals surface area contributed by atoms with Gasteiger partial charge in [-0.25, -0.2) is 9.18 Å². The Kier molecular flexibility index (Phi) is 6.23. The average molecular weight is 384 g/mol. The summed E-state index contributed by atoms with van der Waals surface area (Å²) < 4.78 is 13.1. The summed E-state index contributed by atoms with van der Waals surface area (Å²) in [6.45, 7) is 5.82. The van der Waals surface area contributed by atoms with Gasteiger partial charge in [-0.2, -0.15) is 0 Å². The van der Waals surface area contributed by atoms with Gasteiger partial charge in [0.2, 0.25) is 0 Å². The maximum absolute atomic E-state index is 13.1. The number of urea groups is 1. The molecule has 1 atom stereocenters. The topological polar surface area (TPSA) is 65.5 Å². The van der Waals surface area contributed by atoms with Gasteiger partial charge in [0, 0.05) is 32.4 Å². The van der Waals surface area contributed by atoms with Crippen molar-refractivity contribution in [3.8, 4) is 0 Å². The van der Waals surface area contributed by atoms with E-state index in [1.54, 1.807) is 28.1 Å². The van der Waals surface area contributed by atoms with E-state index in [1.165, 1.54) is 12.1 Å². The Balaban J connectivity index is 1.58. The zero-order valence-corrected chi connectivity index (χ0v) is 16.2. The predicted molar refractivity (Wildman–Crippen MR) is 104 cm³/mol. The number of pyridine rings is 1. The monoisotopic (exact) mass is 384 g/mol. The lowest BCUT2D eigenvalue weighted by molar-refractivity contribution is 0.0755. The zero-order valence-electron chi connectivity index (χ0n) is 16.2. The molecule has 0 bridgehead atoms. The SMILES string of the molecule is Cc1cccnc1C(=O)N1CCCN(C(=O)N[C@@H](C)c2ccc(F)cc2)CC1. The van der Waals surface area contributed by atoms with Crippen LogP contribution in [0.5, 0.6) is 0 Å². The van der Waals surface area contributed by atoms with Crippen LogP contribution in [0.3, 0.4) is 0 Å². The van der Waals surface area contributed by atoms with E-state index in [1.807, 2.05) is 26.0 Å². The van der Waals surface area contributed by atoms with Gasteiger partial charge in [-0.15, -0.1) is 0 Å². The number of carbonyl (C=O) groups is 2. The minimum absolute atomic E-state index is 0.0972. The summed E-state index contributed by atoms with van der Waals surface area (Å²) in [7, 11) is 0. The van der Waals surface area contributed by atoms with Crippen molar-refractivity contribution in [1.29, 1.82) is 0 Å². The lowest BCUT2D eigenvalue weighted by Crippen LogP contribution is -2.43. The Morgan fingerprint density at radius 3 is 2.46 bits per heavy atom. The molecule has 28 heavy (non-hydrogen) atoms. The number of nitrogens with one attached hydrogen (secondary N) is 1. The van der Waals surface area contributed by atoms with Gasteiger partial charge in [0.15, 0.2) is 0 Å². The van der Waals surface area contributed by atoms with Gasteiger partial charge in [-0.05, 0) is 49.6 Å². The van der Waals surface area contributed by atoms with E-state index in [9.17, 15) is 14.0 Å². The normalized spacial score (nSPS) is 15.7. The summed E-state index contributed by atoms with van der Waals surface area (Å²) in [5, 5.41) is 2.95. The maximum Gasteiger partial charge on any atom is 0.317 e. The van der Waals surface area contributed by atoms with Gasteiger partial charge in [-0.3, -0.25) is 9.78 Å². The molecule has 0 unspecified atom stereocenters. The number of amides is 3. The highest BCUT2D eigenvalue weighted by Gasteiger charge is 2.25. The summed E-state index contributed by atoms with van der Waals surface area (Å²) >= 11 is 0. The van der Waals surface area contributed by atoms with Crippen LogP contribution in [0.4, 0.5) is 9.18 Å². The molecule has 6 nitrogen and oxygen atoms in total. The molecule has 0 spiro atoms. The van der Waals surface area contributed by atoms with Crippen LogP contribution in [-0.4, -0.2) is 52.9 Å². The number of aromatic nitrogens is 1. The number of rotatable bonds is 3. The van der Waals surface area contributed by atoms with Gasteiger partial charge in [0.25, 0.3) is 5.91 Å². The fourth-order valence-corrected chi connectivity index (χ4v) is 3.29. The second-order valence-corrected chi connectivity index (χ2v) is 7.02. The Labute approximate surface area is 164 Å². The largest absolute Gasteiger partial charge is 0.335 e. The van der Waals surface area contributed by atoms with Gasteiger partial charge in [0.05, 0.1) is 6.04 Å². The third kappa shape index (κ3) is 4.65. The molecule has 0 saturated carbocycles. The fourth-order valence-electron chi connectivity index (χ4n) is 3.29. The highest BCUT2D eigenvalue weighted by Crippen LogP contribution is 2.15. The van der Waals surface area contributed by atoms with Crippen LogP contribution in [0.2, 0.25) is 0 Å². The quantitative estimate of drug-likeness (QED) is 0.884. The standard InChI is InChI=1S/C21H25FN4O2/c1-15-5-3-10-23-19(15)20(27)25-11-4-12-26(14-13-25)21(28)24-16(2)17-6-8-18(22)9-7-17/h3,5-10,16H,4,11-14H2,1-2H3,(H,24,28)/t16-/m0/s1. The Hall–Kier alpha value is -2.96. The van der Waals surface area contributed by atoms with Crippen LogP contribution < -0.4 is 5.32 Å². The van der Waals surface area contributed by atoms with E-state index in [0.717, 1.165) is 11.1 Å². The fraction of sp³-hybridized carbons (Fsp3) is 0.381. The minimum atomic E-state index is -0.303. The van der Waals surface area contributed by atoms with E-state index >= 15 is 0 Å². The predicted octanol–water partition coefficient (Wildman–Crippen LogP) is 3.15. The van der Waals surface area contributed by atoms with E-state index in [2.05, 4.69) is 10.3 Å². The first-order valence-electron chi connectivity index (χ1n) is 9.47. The number of carbonyl (C=O) groups excluding carboxylic acids is 2. The molecule has 1 aliphatic heterocycles. The van der Waals surface area contributed by atoms with Crippen LogP contribution >= 0.6 is 0 Å². The van der Waals surface area contributed by atoms with Crippen LogP contribution in [-0.2, 0) is 0 Å². The van der Waals surface area contributed by atoms with Crippen LogP contribution in [0.25, 0.3) is 0 Å². The lowest BCUT2D eigenvalue weighted by Gasteiger charge is -2.24. The minimum Gasteiger partial charge on any atom is -0.335 e. The van der Waals surface area contributed by atoms with Crippen LogP contribution in [0.15, 0.2) is 42.6 Å². The highest BCUT2D eigenvalue weighted by atomic mass is 19.1. The molecule has 1 fully saturated rings. The van der Waals surface area contributed by atoms with Crippen molar-refractivity contribution in [3.63, 3.8) is 0 Å². The first-order valence-corrected chi connectivity index (χ1v) is 9.47. The van der Waals surface area contributed by atoms with Crippen molar-refractivity contribution in [2.75, 3.05) is 26.2 Å². The molecule has 2 heterocycles. The van der Waals surface area contributed by atoms with Crippen molar-refractivity contribution in [1.82, 2.24) is 20.1 Å². The van der Waals surface area contributed by atoms with E-state index in [0.29, 0.717) is 38.3 Å². The van der Waals surface area contributed by atoms with E-state index < -0.39 is 0 Å². The molecule has 0 aliphatic carbocycles.